The highest BCUT2D eigenvalue weighted by molar-refractivity contribution is 4.43. The van der Waals surface area contributed by atoms with Crippen molar-refractivity contribution < 1.29 is 21.6 Å². The van der Waals surface area contributed by atoms with Crippen molar-refractivity contribution in [1.82, 2.24) is 0 Å². The van der Waals surface area contributed by atoms with Gasteiger partial charge in [0.1, 0.15) is 0 Å². The van der Waals surface area contributed by atoms with E-state index in [1.165, 1.54) is 64.3 Å². The minimum atomic E-state index is 0. The van der Waals surface area contributed by atoms with E-state index in [9.17, 15) is 0 Å². The van der Waals surface area contributed by atoms with Crippen LogP contribution in [0.5, 0.6) is 0 Å². The molecule has 0 N–H and O–H groups in total. The van der Waals surface area contributed by atoms with E-state index >= 15 is 0 Å². The SMILES string of the molecule is CCCCCCCC[N+](C)(C)COCCCCC.[Cl-]. The monoisotopic (exact) mass is 293 g/mol. The van der Waals surface area contributed by atoms with Gasteiger partial charge in [0, 0.05) is 0 Å². The fraction of sp³-hybridized carbons (Fsp3) is 1.00. The topological polar surface area (TPSA) is 9.23 Å². The van der Waals surface area contributed by atoms with E-state index < -0.39 is 0 Å². The first-order valence-electron chi connectivity index (χ1n) is 8.02. The third kappa shape index (κ3) is 16.2. The van der Waals surface area contributed by atoms with Gasteiger partial charge in [0.25, 0.3) is 0 Å². The van der Waals surface area contributed by atoms with Crippen molar-refractivity contribution >= 4 is 0 Å². The van der Waals surface area contributed by atoms with E-state index in [0.717, 1.165) is 17.8 Å². The third-order valence-corrected chi connectivity index (χ3v) is 3.45. The lowest BCUT2D eigenvalue weighted by Crippen LogP contribution is -3.00. The Hall–Kier alpha value is 0.210. The van der Waals surface area contributed by atoms with Crippen molar-refractivity contribution in [2.24, 2.45) is 0 Å². The molecule has 0 aromatic rings. The Kier molecular flexibility index (Phi) is 16.5. The zero-order valence-corrected chi connectivity index (χ0v) is 14.5. The molecule has 0 fully saturated rings. The van der Waals surface area contributed by atoms with Gasteiger partial charge in [-0.25, -0.2) is 0 Å². The van der Waals surface area contributed by atoms with E-state index in [2.05, 4.69) is 27.9 Å². The van der Waals surface area contributed by atoms with Crippen molar-refractivity contribution in [2.45, 2.75) is 71.6 Å². The molecule has 0 rings (SSSR count). The first-order chi connectivity index (χ1) is 8.62. The number of ether oxygens (including phenoxy) is 1. The van der Waals surface area contributed by atoms with Crippen LogP contribution >= 0.6 is 0 Å². The van der Waals surface area contributed by atoms with Gasteiger partial charge in [-0.05, 0) is 19.3 Å². The fourth-order valence-electron chi connectivity index (χ4n) is 2.15. The molecule has 0 aliphatic rings. The molecule has 0 aliphatic heterocycles. The number of unbranched alkanes of at least 4 members (excludes halogenated alkanes) is 7. The molecule has 0 aliphatic carbocycles. The average Bonchev–Trinajstić information content (AvgIpc) is 2.33. The van der Waals surface area contributed by atoms with Crippen LogP contribution in [-0.4, -0.2) is 38.5 Å². The summed E-state index contributed by atoms with van der Waals surface area (Å²) in [4.78, 5) is 0. The van der Waals surface area contributed by atoms with Crippen LogP contribution in [0.2, 0.25) is 0 Å². The lowest BCUT2D eigenvalue weighted by molar-refractivity contribution is -0.909. The summed E-state index contributed by atoms with van der Waals surface area (Å²) in [5.74, 6) is 0. The van der Waals surface area contributed by atoms with Gasteiger partial charge in [0.15, 0.2) is 6.73 Å². The largest absolute Gasteiger partial charge is 1.00 e. The van der Waals surface area contributed by atoms with Gasteiger partial charge < -0.3 is 21.6 Å². The van der Waals surface area contributed by atoms with Gasteiger partial charge in [0.05, 0.1) is 27.2 Å². The molecule has 2 nitrogen and oxygen atoms in total. The molecule has 0 bridgehead atoms. The number of halogens is 1. The highest BCUT2D eigenvalue weighted by atomic mass is 35.5. The van der Waals surface area contributed by atoms with Gasteiger partial charge in [-0.3, -0.25) is 0 Å². The quantitative estimate of drug-likeness (QED) is 0.285. The van der Waals surface area contributed by atoms with Crippen LogP contribution in [0.1, 0.15) is 71.6 Å². The lowest BCUT2D eigenvalue weighted by Gasteiger charge is -2.29. The first kappa shape index (κ1) is 21.5. The fourth-order valence-corrected chi connectivity index (χ4v) is 2.15. The highest BCUT2D eigenvalue weighted by Gasteiger charge is 2.13. The average molecular weight is 294 g/mol. The molecule has 3 heteroatoms. The number of quaternary nitrogens is 1. The van der Waals surface area contributed by atoms with E-state index in [0.29, 0.717) is 0 Å². The summed E-state index contributed by atoms with van der Waals surface area (Å²) < 4.78 is 6.78. The summed E-state index contributed by atoms with van der Waals surface area (Å²) in [7, 11) is 4.57. The molecule has 0 amide bonds. The maximum atomic E-state index is 5.77. The first-order valence-corrected chi connectivity index (χ1v) is 8.02. The Morgan fingerprint density at radius 2 is 1.26 bits per heavy atom. The summed E-state index contributed by atoms with van der Waals surface area (Å²) in [5.41, 5.74) is 0. The van der Waals surface area contributed by atoms with Crippen LogP contribution in [0.4, 0.5) is 0 Å². The molecule has 0 heterocycles. The Morgan fingerprint density at radius 3 is 1.89 bits per heavy atom. The normalized spacial score (nSPS) is 11.4. The minimum absolute atomic E-state index is 0. The second kappa shape index (κ2) is 14.6. The number of hydrogen-bond acceptors (Lipinski definition) is 1. The van der Waals surface area contributed by atoms with E-state index in [1.54, 1.807) is 0 Å². The van der Waals surface area contributed by atoms with Crippen molar-refractivity contribution in [3.63, 3.8) is 0 Å². The minimum Gasteiger partial charge on any atom is -1.00 e. The van der Waals surface area contributed by atoms with Crippen LogP contribution in [0.3, 0.4) is 0 Å². The van der Waals surface area contributed by atoms with Crippen molar-refractivity contribution in [2.75, 3.05) is 34.0 Å². The Labute approximate surface area is 127 Å². The Morgan fingerprint density at radius 1 is 0.737 bits per heavy atom. The molecule has 0 unspecified atom stereocenters. The molecule has 0 radical (unpaired) electrons. The molecule has 0 aromatic heterocycles. The maximum absolute atomic E-state index is 5.77. The second-order valence-corrected chi connectivity index (χ2v) is 6.17. The molecule has 0 saturated carbocycles. The van der Waals surface area contributed by atoms with Crippen LogP contribution < -0.4 is 12.4 Å². The van der Waals surface area contributed by atoms with Crippen molar-refractivity contribution in [1.29, 1.82) is 0 Å². The van der Waals surface area contributed by atoms with Gasteiger partial charge in [-0.2, -0.15) is 0 Å². The molecular formula is C16H36ClNO. The van der Waals surface area contributed by atoms with Crippen LogP contribution in [0, 0.1) is 0 Å². The van der Waals surface area contributed by atoms with Crippen LogP contribution in [0.25, 0.3) is 0 Å². The molecule has 0 spiro atoms. The lowest BCUT2D eigenvalue weighted by atomic mass is 10.1. The molecule has 118 valence electrons. The molecule has 0 aromatic carbocycles. The number of rotatable bonds is 13. The summed E-state index contributed by atoms with van der Waals surface area (Å²) in [6.45, 7) is 7.57. The van der Waals surface area contributed by atoms with Gasteiger partial charge in [0.2, 0.25) is 0 Å². The zero-order chi connectivity index (χ0) is 13.7. The summed E-state index contributed by atoms with van der Waals surface area (Å²) in [6, 6.07) is 0. The Balaban J connectivity index is 0. The molecular weight excluding hydrogens is 258 g/mol. The maximum Gasteiger partial charge on any atom is 0.182 e. The van der Waals surface area contributed by atoms with Gasteiger partial charge in [-0.15, -0.1) is 0 Å². The predicted octanol–water partition coefficient (Wildman–Crippen LogP) is 1.59. The molecule has 19 heavy (non-hydrogen) atoms. The summed E-state index contributed by atoms with van der Waals surface area (Å²) >= 11 is 0. The standard InChI is InChI=1S/C16H36NO.ClH/c1-5-7-9-10-11-12-14-17(3,4)16-18-15-13-8-6-2;/h5-16H2,1-4H3;1H/q+1;/p-1. The van der Waals surface area contributed by atoms with Crippen molar-refractivity contribution in [3.05, 3.63) is 0 Å². The third-order valence-electron chi connectivity index (χ3n) is 3.45. The highest BCUT2D eigenvalue weighted by Crippen LogP contribution is 2.08. The number of hydrogen-bond donors (Lipinski definition) is 0. The smallest absolute Gasteiger partial charge is 0.182 e. The van der Waals surface area contributed by atoms with Crippen molar-refractivity contribution in [3.8, 4) is 0 Å². The molecule has 0 atom stereocenters. The zero-order valence-electron chi connectivity index (χ0n) is 13.7. The van der Waals surface area contributed by atoms with E-state index in [1.807, 2.05) is 0 Å². The van der Waals surface area contributed by atoms with E-state index in [-0.39, 0.29) is 12.4 Å². The second-order valence-electron chi connectivity index (χ2n) is 6.17. The molecule has 0 saturated heterocycles. The summed E-state index contributed by atoms with van der Waals surface area (Å²) in [5, 5.41) is 0. The van der Waals surface area contributed by atoms with Crippen LogP contribution in [-0.2, 0) is 4.74 Å². The number of nitrogens with zero attached hydrogens (tertiary/aromatic N) is 1. The predicted molar refractivity (Wildman–Crippen MR) is 80.7 cm³/mol. The van der Waals surface area contributed by atoms with Gasteiger partial charge >= 0.3 is 0 Å². The van der Waals surface area contributed by atoms with Crippen LogP contribution in [0.15, 0.2) is 0 Å². The van der Waals surface area contributed by atoms with Gasteiger partial charge in [-0.1, -0.05) is 52.4 Å². The Bertz CT molecular complexity index is 174. The van der Waals surface area contributed by atoms with E-state index in [4.69, 9.17) is 4.74 Å². The summed E-state index contributed by atoms with van der Waals surface area (Å²) in [6.07, 6.45) is 12.1.